The molecule has 1 nitrogen and oxygen atoms in total. The molecule has 18 heavy (non-hydrogen) atoms. The van der Waals surface area contributed by atoms with E-state index in [2.05, 4.69) is 12.2 Å². The summed E-state index contributed by atoms with van der Waals surface area (Å²) >= 11 is 5.98. The summed E-state index contributed by atoms with van der Waals surface area (Å²) in [6, 6.07) is 4.96. The minimum atomic E-state index is -0.146. The normalized spacial score (nSPS) is 17.5. The Morgan fingerprint density at radius 1 is 1.44 bits per heavy atom. The molecule has 0 radical (unpaired) electrons. The highest BCUT2D eigenvalue weighted by atomic mass is 35.5. The summed E-state index contributed by atoms with van der Waals surface area (Å²) in [5.41, 5.74) is 0.725. The monoisotopic (exact) mass is 269 g/mol. The molecule has 3 heteroatoms. The number of benzene rings is 1. The predicted molar refractivity (Wildman–Crippen MR) is 74.4 cm³/mol. The van der Waals surface area contributed by atoms with E-state index >= 15 is 0 Å². The van der Waals surface area contributed by atoms with Gasteiger partial charge in [0.15, 0.2) is 0 Å². The first-order valence-corrected chi connectivity index (χ1v) is 7.26. The summed E-state index contributed by atoms with van der Waals surface area (Å²) in [4.78, 5) is 0. The Labute approximate surface area is 114 Å². The fraction of sp³-hybridized carbons (Fsp3) is 0.600. The van der Waals surface area contributed by atoms with Gasteiger partial charge >= 0.3 is 0 Å². The Kier molecular flexibility index (Phi) is 5.02. The molecular formula is C15H21ClFN. The van der Waals surface area contributed by atoms with Gasteiger partial charge in [0, 0.05) is 16.6 Å². The molecular weight excluding hydrogens is 249 g/mol. The predicted octanol–water partition coefficient (Wildman–Crippen LogP) is 4.71. The van der Waals surface area contributed by atoms with Crippen LogP contribution in [-0.4, -0.2) is 6.54 Å². The largest absolute Gasteiger partial charge is 0.310 e. The Morgan fingerprint density at radius 3 is 2.83 bits per heavy atom. The van der Waals surface area contributed by atoms with Crippen molar-refractivity contribution in [2.24, 2.45) is 5.92 Å². The maximum atomic E-state index is 13.9. The van der Waals surface area contributed by atoms with E-state index in [1.54, 1.807) is 12.1 Å². The average molecular weight is 270 g/mol. The van der Waals surface area contributed by atoms with Gasteiger partial charge in [0.05, 0.1) is 0 Å². The van der Waals surface area contributed by atoms with Crippen LogP contribution in [0.25, 0.3) is 0 Å². The molecule has 0 saturated heterocycles. The van der Waals surface area contributed by atoms with Crippen LogP contribution in [-0.2, 0) is 0 Å². The molecule has 1 N–H and O–H groups in total. The lowest BCUT2D eigenvalue weighted by molar-refractivity contribution is 0.259. The van der Waals surface area contributed by atoms with Crippen LogP contribution in [0.3, 0.4) is 0 Å². The molecule has 0 aliphatic heterocycles. The van der Waals surface area contributed by atoms with Crippen LogP contribution in [0.15, 0.2) is 18.2 Å². The molecule has 0 bridgehead atoms. The Hall–Kier alpha value is -0.600. The highest BCUT2D eigenvalue weighted by Crippen LogP contribution is 2.35. The Bertz CT molecular complexity index is 390. The van der Waals surface area contributed by atoms with Crippen LogP contribution in [0.4, 0.5) is 4.39 Å². The van der Waals surface area contributed by atoms with E-state index < -0.39 is 0 Å². The van der Waals surface area contributed by atoms with Crippen LogP contribution in [0.2, 0.25) is 5.02 Å². The molecule has 0 spiro atoms. The first-order chi connectivity index (χ1) is 8.70. The first kappa shape index (κ1) is 13.8. The summed E-state index contributed by atoms with van der Waals surface area (Å²) in [5, 5.41) is 4.07. The van der Waals surface area contributed by atoms with Gasteiger partial charge in [-0.25, -0.2) is 4.39 Å². The third kappa shape index (κ3) is 3.46. The van der Waals surface area contributed by atoms with Crippen molar-refractivity contribution in [2.45, 2.75) is 45.1 Å². The lowest BCUT2D eigenvalue weighted by Gasteiger charge is -2.30. The van der Waals surface area contributed by atoms with Gasteiger partial charge in [-0.1, -0.05) is 37.8 Å². The highest BCUT2D eigenvalue weighted by molar-refractivity contribution is 6.30. The van der Waals surface area contributed by atoms with Gasteiger partial charge in [0.1, 0.15) is 5.82 Å². The van der Waals surface area contributed by atoms with Crippen LogP contribution in [0, 0.1) is 11.7 Å². The second kappa shape index (κ2) is 6.53. The summed E-state index contributed by atoms with van der Waals surface area (Å²) in [5.74, 6) is 0.602. The summed E-state index contributed by atoms with van der Waals surface area (Å²) in [6.45, 7) is 3.05. The smallest absolute Gasteiger partial charge is 0.128 e. The second-order valence-electron chi connectivity index (χ2n) is 5.21. The van der Waals surface area contributed by atoms with Gasteiger partial charge in [-0.3, -0.25) is 0 Å². The van der Waals surface area contributed by atoms with Crippen molar-refractivity contribution in [3.05, 3.63) is 34.6 Å². The standard InChI is InChI=1S/C15H21ClFN/c1-2-8-18-15(9-11-4-3-5-11)13-10-12(16)6-7-14(13)17/h6-7,10-11,15,18H,2-5,8-9H2,1H3. The zero-order chi connectivity index (χ0) is 13.0. The number of nitrogens with one attached hydrogen (secondary N) is 1. The number of rotatable bonds is 6. The van der Waals surface area contributed by atoms with Crippen LogP contribution in [0.5, 0.6) is 0 Å². The van der Waals surface area contributed by atoms with Crippen LogP contribution < -0.4 is 5.32 Å². The van der Waals surface area contributed by atoms with E-state index in [0.29, 0.717) is 5.02 Å². The van der Waals surface area contributed by atoms with Crippen molar-refractivity contribution in [2.75, 3.05) is 6.54 Å². The molecule has 1 aromatic carbocycles. The molecule has 1 saturated carbocycles. The van der Waals surface area contributed by atoms with Crippen molar-refractivity contribution in [3.63, 3.8) is 0 Å². The van der Waals surface area contributed by atoms with Crippen molar-refractivity contribution in [3.8, 4) is 0 Å². The zero-order valence-electron chi connectivity index (χ0n) is 10.9. The molecule has 1 fully saturated rings. The molecule has 1 aliphatic carbocycles. The fourth-order valence-electron chi connectivity index (χ4n) is 2.48. The molecule has 0 amide bonds. The van der Waals surface area contributed by atoms with Gasteiger partial charge in [0.2, 0.25) is 0 Å². The maximum Gasteiger partial charge on any atom is 0.128 e. The van der Waals surface area contributed by atoms with E-state index in [1.807, 2.05) is 0 Å². The van der Waals surface area contributed by atoms with Crippen LogP contribution in [0.1, 0.15) is 50.6 Å². The quantitative estimate of drug-likeness (QED) is 0.789. The van der Waals surface area contributed by atoms with Crippen molar-refractivity contribution in [1.82, 2.24) is 5.32 Å². The topological polar surface area (TPSA) is 12.0 Å². The summed E-state index contributed by atoms with van der Waals surface area (Å²) in [6.07, 6.45) is 5.97. The Morgan fingerprint density at radius 2 is 2.22 bits per heavy atom. The molecule has 1 aromatic rings. The molecule has 1 atom stereocenters. The van der Waals surface area contributed by atoms with E-state index in [4.69, 9.17) is 11.6 Å². The first-order valence-electron chi connectivity index (χ1n) is 6.89. The van der Waals surface area contributed by atoms with Crippen molar-refractivity contribution < 1.29 is 4.39 Å². The molecule has 0 aromatic heterocycles. The van der Waals surface area contributed by atoms with E-state index in [9.17, 15) is 4.39 Å². The zero-order valence-corrected chi connectivity index (χ0v) is 11.6. The molecule has 2 rings (SSSR count). The van der Waals surface area contributed by atoms with Gasteiger partial charge in [-0.2, -0.15) is 0 Å². The van der Waals surface area contributed by atoms with Gasteiger partial charge in [-0.15, -0.1) is 0 Å². The lowest BCUT2D eigenvalue weighted by atomic mass is 9.79. The average Bonchev–Trinajstić information content (AvgIpc) is 2.31. The van der Waals surface area contributed by atoms with E-state index in [-0.39, 0.29) is 11.9 Å². The van der Waals surface area contributed by atoms with Crippen molar-refractivity contribution >= 4 is 11.6 Å². The summed E-state index contributed by atoms with van der Waals surface area (Å²) in [7, 11) is 0. The third-order valence-corrected chi connectivity index (χ3v) is 4.00. The van der Waals surface area contributed by atoms with Gasteiger partial charge in [0.25, 0.3) is 0 Å². The third-order valence-electron chi connectivity index (χ3n) is 3.77. The fourth-order valence-corrected chi connectivity index (χ4v) is 2.66. The number of hydrogen-bond acceptors (Lipinski definition) is 1. The molecule has 0 heterocycles. The number of halogens is 2. The lowest BCUT2D eigenvalue weighted by Crippen LogP contribution is -2.27. The second-order valence-corrected chi connectivity index (χ2v) is 5.64. The molecule has 1 unspecified atom stereocenters. The van der Waals surface area contributed by atoms with E-state index in [0.717, 1.165) is 30.9 Å². The van der Waals surface area contributed by atoms with E-state index in [1.165, 1.54) is 25.3 Å². The Balaban J connectivity index is 2.11. The molecule has 100 valence electrons. The number of hydrogen-bond donors (Lipinski definition) is 1. The van der Waals surface area contributed by atoms with Crippen LogP contribution >= 0.6 is 11.6 Å². The maximum absolute atomic E-state index is 13.9. The minimum Gasteiger partial charge on any atom is -0.310 e. The molecule has 1 aliphatic rings. The minimum absolute atomic E-state index is 0.106. The van der Waals surface area contributed by atoms with Gasteiger partial charge < -0.3 is 5.32 Å². The SMILES string of the molecule is CCCNC(CC1CCC1)c1cc(Cl)ccc1F. The summed E-state index contributed by atoms with van der Waals surface area (Å²) < 4.78 is 13.9. The van der Waals surface area contributed by atoms with Crippen molar-refractivity contribution in [1.29, 1.82) is 0 Å². The van der Waals surface area contributed by atoms with Gasteiger partial charge in [-0.05, 0) is 43.5 Å². The highest BCUT2D eigenvalue weighted by Gasteiger charge is 2.24.